The fourth-order valence-corrected chi connectivity index (χ4v) is 9.24. The first-order valence-corrected chi connectivity index (χ1v) is 20.6. The van der Waals surface area contributed by atoms with E-state index in [1.54, 1.807) is 0 Å². The molecule has 4 aliphatic heterocycles. The third kappa shape index (κ3) is 8.38. The lowest BCUT2D eigenvalue weighted by molar-refractivity contribution is -0.276. The Balaban J connectivity index is 0.973. The van der Waals surface area contributed by atoms with Crippen molar-refractivity contribution < 1.29 is 42.1 Å². The first-order valence-electron chi connectivity index (χ1n) is 20.6. The number of likely N-dealkylation sites (tertiary alicyclic amines) is 2. The number of ether oxygens (including phenoxy) is 2. The Morgan fingerprint density at radius 2 is 1.57 bits per heavy atom. The van der Waals surface area contributed by atoms with E-state index >= 15 is 0 Å². The van der Waals surface area contributed by atoms with Crippen LogP contribution in [0.4, 0.5) is 18.9 Å². The van der Waals surface area contributed by atoms with Crippen LogP contribution in [0.2, 0.25) is 0 Å². The average molecular weight is 826 g/mol. The van der Waals surface area contributed by atoms with Crippen LogP contribution in [0.25, 0.3) is 11.1 Å². The first kappa shape index (κ1) is 41.5. The van der Waals surface area contributed by atoms with Crippen molar-refractivity contribution in [2.45, 2.75) is 82.0 Å². The summed E-state index contributed by atoms with van der Waals surface area (Å²) < 4.78 is 53.1. The minimum atomic E-state index is -5.04. The molecule has 0 bridgehead atoms. The molecule has 4 aliphatic rings. The van der Waals surface area contributed by atoms with Crippen LogP contribution >= 0.6 is 0 Å². The van der Waals surface area contributed by atoms with E-state index in [1.165, 1.54) is 0 Å². The second-order valence-corrected chi connectivity index (χ2v) is 16.2. The number of carbonyl (C=O) groups is 3. The molecule has 4 aromatic rings. The average Bonchev–Trinajstić information content (AvgIpc) is 3.89. The number of benzene rings is 4. The smallest absolute Gasteiger partial charge is 0.392 e. The topological polar surface area (TPSA) is 124 Å². The zero-order chi connectivity index (χ0) is 42.0. The molecule has 4 fully saturated rings. The molecule has 0 aliphatic carbocycles. The van der Waals surface area contributed by atoms with Gasteiger partial charge in [0.05, 0.1) is 25.5 Å². The molecule has 3 amide bonds. The standard InChI is InChI=1S/C46H50F3N5O6/c1-30-39(27-52-24-21-45(22-25-52)43(57)51-29-54(45)36-9-3-2-4-10-36)59-42(60-40(30)33-15-13-31(28-55)14-16-33)34-19-17-32(18-20-34)37-11-6-5-8-35(37)26-50-41(56)38-12-7-23-53(38)44(58)46(47,48)49/h2-6,8-11,13-20,30,38-40,42,55H,7,12,21-29H2,1H3,(H,50,56)(H,51,57). The van der Waals surface area contributed by atoms with E-state index in [-0.39, 0.29) is 50.2 Å². The number of aliphatic hydroxyl groups excluding tert-OH is 1. The molecule has 3 N–H and O–H groups in total. The number of hydrogen-bond donors (Lipinski definition) is 3. The van der Waals surface area contributed by atoms with Crippen LogP contribution < -0.4 is 15.5 Å². The van der Waals surface area contributed by atoms with Crippen molar-refractivity contribution in [3.05, 3.63) is 125 Å². The summed E-state index contributed by atoms with van der Waals surface area (Å²) in [4.78, 5) is 43.6. The van der Waals surface area contributed by atoms with Crippen LogP contribution in [0.5, 0.6) is 0 Å². The lowest BCUT2D eigenvalue weighted by atomic mass is 9.84. The number of halogens is 3. The van der Waals surface area contributed by atoms with Crippen LogP contribution in [0.3, 0.4) is 0 Å². The van der Waals surface area contributed by atoms with Gasteiger partial charge in [0.25, 0.3) is 0 Å². The number of piperidine rings is 1. The number of amides is 3. The van der Waals surface area contributed by atoms with Gasteiger partial charge in [0.2, 0.25) is 11.8 Å². The van der Waals surface area contributed by atoms with Crippen molar-refractivity contribution in [3.63, 3.8) is 0 Å². The number of rotatable bonds is 10. The molecular weight excluding hydrogens is 776 g/mol. The Morgan fingerprint density at radius 1 is 0.883 bits per heavy atom. The quantitative estimate of drug-likeness (QED) is 0.172. The maximum Gasteiger partial charge on any atom is 0.471 e. The van der Waals surface area contributed by atoms with Gasteiger partial charge in [-0.15, -0.1) is 0 Å². The van der Waals surface area contributed by atoms with E-state index in [4.69, 9.17) is 9.47 Å². The summed E-state index contributed by atoms with van der Waals surface area (Å²) in [5, 5.41) is 15.6. The van der Waals surface area contributed by atoms with E-state index in [1.807, 2.05) is 103 Å². The third-order valence-corrected chi connectivity index (χ3v) is 12.7. The van der Waals surface area contributed by atoms with Gasteiger partial charge in [-0.3, -0.25) is 14.4 Å². The summed E-state index contributed by atoms with van der Waals surface area (Å²) in [6, 6.07) is 32.0. The molecule has 1 spiro atoms. The van der Waals surface area contributed by atoms with Crippen molar-refractivity contribution in [2.24, 2.45) is 5.92 Å². The minimum Gasteiger partial charge on any atom is -0.392 e. The predicted octanol–water partition coefficient (Wildman–Crippen LogP) is 6.24. The summed E-state index contributed by atoms with van der Waals surface area (Å²) in [7, 11) is 0. The van der Waals surface area contributed by atoms with E-state index in [2.05, 4.69) is 27.4 Å². The summed E-state index contributed by atoms with van der Waals surface area (Å²) in [5.41, 5.74) is 5.49. The van der Waals surface area contributed by atoms with Crippen LogP contribution in [0.1, 0.15) is 67.3 Å². The van der Waals surface area contributed by atoms with Crippen molar-refractivity contribution in [2.75, 3.05) is 37.7 Å². The molecule has 14 heteroatoms. The molecule has 4 heterocycles. The number of nitrogens with one attached hydrogen (secondary N) is 2. The first-order chi connectivity index (χ1) is 28.9. The minimum absolute atomic E-state index is 0.0306. The van der Waals surface area contributed by atoms with E-state index in [0.717, 1.165) is 52.2 Å². The number of para-hydroxylation sites is 1. The number of aliphatic hydroxyl groups is 1. The Hall–Kier alpha value is -5.28. The van der Waals surface area contributed by atoms with Gasteiger partial charge in [-0.2, -0.15) is 13.2 Å². The van der Waals surface area contributed by atoms with E-state index < -0.39 is 35.9 Å². The Bertz CT molecular complexity index is 2150. The second-order valence-electron chi connectivity index (χ2n) is 16.2. The van der Waals surface area contributed by atoms with Crippen LogP contribution in [0.15, 0.2) is 103 Å². The molecule has 316 valence electrons. The van der Waals surface area contributed by atoms with E-state index in [9.17, 15) is 32.7 Å². The summed E-state index contributed by atoms with van der Waals surface area (Å²) in [5.74, 6) is -2.57. The third-order valence-electron chi connectivity index (χ3n) is 12.7. The zero-order valence-corrected chi connectivity index (χ0v) is 33.4. The lowest BCUT2D eigenvalue weighted by Crippen LogP contribution is -2.57. The van der Waals surface area contributed by atoms with Gasteiger partial charge in [-0.1, -0.05) is 97.9 Å². The molecule has 0 radical (unpaired) electrons. The SMILES string of the molecule is CC1C(CN2CCC3(CC2)C(=O)NCN3c2ccccc2)OC(c2ccc(-c3ccccc3CNC(=O)C3CCCN3C(=O)C(F)(F)F)cc2)OC1c1ccc(CO)cc1. The van der Waals surface area contributed by atoms with Gasteiger partial charge >= 0.3 is 12.1 Å². The highest BCUT2D eigenvalue weighted by molar-refractivity contribution is 5.93. The molecule has 5 atom stereocenters. The van der Waals surface area contributed by atoms with Crippen molar-refractivity contribution >= 4 is 23.4 Å². The van der Waals surface area contributed by atoms with E-state index in [0.29, 0.717) is 37.4 Å². The second kappa shape index (κ2) is 17.4. The van der Waals surface area contributed by atoms with Crippen LogP contribution in [0, 0.1) is 5.92 Å². The van der Waals surface area contributed by atoms with Crippen LogP contribution in [-0.4, -0.2) is 89.3 Å². The Kier molecular flexibility index (Phi) is 12.0. The molecule has 5 unspecified atom stereocenters. The van der Waals surface area contributed by atoms with Gasteiger partial charge in [0.15, 0.2) is 6.29 Å². The number of hydrogen-bond acceptors (Lipinski definition) is 8. The molecule has 11 nitrogen and oxygen atoms in total. The molecule has 4 aromatic carbocycles. The van der Waals surface area contributed by atoms with Gasteiger partial charge < -0.3 is 39.9 Å². The molecular formula is C46H50F3N5O6. The summed E-state index contributed by atoms with van der Waals surface area (Å²) >= 11 is 0. The molecule has 4 saturated heterocycles. The molecule has 0 saturated carbocycles. The Morgan fingerprint density at radius 3 is 2.27 bits per heavy atom. The maximum atomic E-state index is 13.3. The molecule has 60 heavy (non-hydrogen) atoms. The maximum absolute atomic E-state index is 13.3. The molecule has 8 rings (SSSR count). The van der Waals surface area contributed by atoms with Gasteiger partial charge in [0, 0.05) is 49.9 Å². The van der Waals surface area contributed by atoms with Crippen LogP contribution in [-0.2, 0) is 37.0 Å². The number of carbonyl (C=O) groups excluding carboxylic acids is 3. The number of alkyl halides is 3. The normalized spacial score (nSPS) is 24.4. The highest BCUT2D eigenvalue weighted by atomic mass is 19.4. The largest absolute Gasteiger partial charge is 0.471 e. The Labute approximate surface area is 347 Å². The fourth-order valence-electron chi connectivity index (χ4n) is 9.24. The van der Waals surface area contributed by atoms with Gasteiger partial charge in [-0.25, -0.2) is 0 Å². The van der Waals surface area contributed by atoms with Crippen molar-refractivity contribution in [1.82, 2.24) is 20.4 Å². The monoisotopic (exact) mass is 825 g/mol. The summed E-state index contributed by atoms with van der Waals surface area (Å²) in [6.45, 7) is 4.62. The highest BCUT2D eigenvalue weighted by Gasteiger charge is 2.51. The van der Waals surface area contributed by atoms with Crippen molar-refractivity contribution in [1.29, 1.82) is 0 Å². The highest BCUT2D eigenvalue weighted by Crippen LogP contribution is 2.43. The number of nitrogens with zero attached hydrogens (tertiary/aromatic N) is 3. The van der Waals surface area contributed by atoms with Gasteiger partial charge in [-0.05, 0) is 65.6 Å². The fraction of sp³-hybridized carbons (Fsp3) is 0.413. The predicted molar refractivity (Wildman–Crippen MR) is 218 cm³/mol. The van der Waals surface area contributed by atoms with Crippen molar-refractivity contribution in [3.8, 4) is 11.1 Å². The van der Waals surface area contributed by atoms with Gasteiger partial charge in [0.1, 0.15) is 11.6 Å². The lowest BCUT2D eigenvalue weighted by Gasteiger charge is -2.46. The number of anilines is 1. The molecule has 0 aromatic heterocycles. The zero-order valence-electron chi connectivity index (χ0n) is 33.4. The summed E-state index contributed by atoms with van der Waals surface area (Å²) in [6.07, 6.45) is -4.40.